The number of fused-ring (bicyclic) bond motifs is 1. The maximum Gasteiger partial charge on any atom is 0.111 e. The fourth-order valence-corrected chi connectivity index (χ4v) is 4.15. The lowest BCUT2D eigenvalue weighted by molar-refractivity contribution is 0.308. The van der Waals surface area contributed by atoms with Gasteiger partial charge in [0.05, 0.1) is 16.3 Å². The molecular weight excluding hydrogens is 308 g/mol. The summed E-state index contributed by atoms with van der Waals surface area (Å²) >= 11 is 5.24. The molecule has 96 valence electrons. The van der Waals surface area contributed by atoms with Crippen LogP contribution < -0.4 is 5.73 Å². The third-order valence-electron chi connectivity index (χ3n) is 3.81. The van der Waals surface area contributed by atoms with Crippen LogP contribution in [0.5, 0.6) is 0 Å². The van der Waals surface area contributed by atoms with E-state index in [1.807, 2.05) is 0 Å². The second kappa shape index (κ2) is 5.27. The first-order chi connectivity index (χ1) is 8.74. The van der Waals surface area contributed by atoms with E-state index < -0.39 is 0 Å². The highest BCUT2D eigenvalue weighted by molar-refractivity contribution is 9.10. The van der Waals surface area contributed by atoms with Gasteiger partial charge in [-0.05, 0) is 37.0 Å². The van der Waals surface area contributed by atoms with Crippen molar-refractivity contribution in [1.29, 1.82) is 0 Å². The topological polar surface area (TPSA) is 38.9 Å². The number of aromatic nitrogens is 1. The highest BCUT2D eigenvalue weighted by Gasteiger charge is 2.24. The molecule has 2 aromatic rings. The van der Waals surface area contributed by atoms with Crippen molar-refractivity contribution in [1.82, 2.24) is 4.98 Å². The Balaban J connectivity index is 1.88. The van der Waals surface area contributed by atoms with E-state index in [4.69, 9.17) is 10.7 Å². The van der Waals surface area contributed by atoms with E-state index in [0.717, 1.165) is 15.0 Å². The Bertz CT molecular complexity index is 546. The number of thiazole rings is 1. The van der Waals surface area contributed by atoms with Crippen LogP contribution in [0.2, 0.25) is 0 Å². The molecule has 1 fully saturated rings. The molecule has 0 spiro atoms. The largest absolute Gasteiger partial charge is 0.322 e. The molecule has 1 unspecified atom stereocenters. The Labute approximate surface area is 120 Å². The molecule has 0 saturated heterocycles. The molecule has 1 aliphatic rings. The van der Waals surface area contributed by atoms with Crippen molar-refractivity contribution in [2.75, 3.05) is 0 Å². The third kappa shape index (κ3) is 2.46. The Kier molecular flexibility index (Phi) is 3.68. The number of nitrogens with zero attached hydrogens (tertiary/aromatic N) is 1. The number of rotatable bonds is 2. The molecular formula is C14H17BrN2S. The normalized spacial score (nSPS) is 19.2. The minimum absolute atomic E-state index is 0.126. The van der Waals surface area contributed by atoms with Crippen molar-refractivity contribution in [2.24, 2.45) is 11.7 Å². The monoisotopic (exact) mass is 324 g/mol. The van der Waals surface area contributed by atoms with Crippen molar-refractivity contribution in [3.05, 3.63) is 27.7 Å². The van der Waals surface area contributed by atoms with Gasteiger partial charge in [0.1, 0.15) is 5.01 Å². The zero-order chi connectivity index (χ0) is 12.5. The van der Waals surface area contributed by atoms with Gasteiger partial charge in [0, 0.05) is 4.47 Å². The van der Waals surface area contributed by atoms with Gasteiger partial charge in [0.15, 0.2) is 0 Å². The van der Waals surface area contributed by atoms with Gasteiger partial charge in [-0.3, -0.25) is 0 Å². The van der Waals surface area contributed by atoms with E-state index in [1.54, 1.807) is 11.3 Å². The average molecular weight is 325 g/mol. The van der Waals surface area contributed by atoms with Gasteiger partial charge in [-0.2, -0.15) is 0 Å². The van der Waals surface area contributed by atoms with Crippen molar-refractivity contribution >= 4 is 37.5 Å². The van der Waals surface area contributed by atoms with E-state index in [0.29, 0.717) is 5.92 Å². The summed E-state index contributed by atoms with van der Waals surface area (Å²) in [5.41, 5.74) is 7.47. The number of hydrogen-bond acceptors (Lipinski definition) is 3. The molecule has 0 aliphatic heterocycles. The predicted octanol–water partition coefficient (Wildman–Crippen LogP) is 4.64. The summed E-state index contributed by atoms with van der Waals surface area (Å²) in [6, 6.07) is 6.38. The molecule has 1 aromatic heterocycles. The molecule has 18 heavy (non-hydrogen) atoms. The number of halogens is 1. The van der Waals surface area contributed by atoms with Gasteiger partial charge in [-0.25, -0.2) is 4.98 Å². The van der Waals surface area contributed by atoms with Gasteiger partial charge in [0.25, 0.3) is 0 Å². The van der Waals surface area contributed by atoms with Crippen LogP contribution in [-0.4, -0.2) is 4.98 Å². The molecule has 1 heterocycles. The Morgan fingerprint density at radius 3 is 2.83 bits per heavy atom. The molecule has 1 aliphatic carbocycles. The molecule has 0 bridgehead atoms. The number of nitrogens with two attached hydrogens (primary N) is 1. The smallest absolute Gasteiger partial charge is 0.111 e. The zero-order valence-corrected chi connectivity index (χ0v) is 12.6. The van der Waals surface area contributed by atoms with Crippen LogP contribution in [0.1, 0.15) is 43.2 Å². The summed E-state index contributed by atoms with van der Waals surface area (Å²) in [6.07, 6.45) is 6.56. The summed E-state index contributed by atoms with van der Waals surface area (Å²) in [5, 5.41) is 1.11. The molecule has 1 aromatic carbocycles. The first kappa shape index (κ1) is 12.6. The molecule has 2 nitrogen and oxygen atoms in total. The first-order valence-electron chi connectivity index (χ1n) is 6.55. The molecule has 2 N–H and O–H groups in total. The van der Waals surface area contributed by atoms with Crippen molar-refractivity contribution in [2.45, 2.75) is 38.1 Å². The molecule has 0 radical (unpaired) electrons. The zero-order valence-electron chi connectivity index (χ0n) is 10.2. The first-order valence-corrected chi connectivity index (χ1v) is 8.16. The quantitative estimate of drug-likeness (QED) is 0.874. The summed E-state index contributed by atoms with van der Waals surface area (Å²) in [7, 11) is 0. The molecule has 1 saturated carbocycles. The van der Waals surface area contributed by atoms with Crippen LogP contribution in [-0.2, 0) is 0 Å². The lowest BCUT2D eigenvalue weighted by Crippen LogP contribution is -2.23. The Hall–Kier alpha value is -0.450. The van der Waals surface area contributed by atoms with Crippen LogP contribution >= 0.6 is 27.3 Å². The SMILES string of the molecule is NC(c1nc2cc(Br)ccc2s1)C1CCCCC1. The van der Waals surface area contributed by atoms with E-state index in [1.165, 1.54) is 36.8 Å². The standard InChI is InChI=1S/C14H17BrN2S/c15-10-6-7-12-11(8-10)17-14(18-12)13(16)9-4-2-1-3-5-9/h6-9,13H,1-5,16H2. The van der Waals surface area contributed by atoms with Crippen LogP contribution in [0, 0.1) is 5.92 Å². The van der Waals surface area contributed by atoms with Gasteiger partial charge in [-0.1, -0.05) is 35.2 Å². The van der Waals surface area contributed by atoms with Crippen molar-refractivity contribution < 1.29 is 0 Å². The molecule has 4 heteroatoms. The Morgan fingerprint density at radius 1 is 1.28 bits per heavy atom. The van der Waals surface area contributed by atoms with Crippen LogP contribution in [0.4, 0.5) is 0 Å². The van der Waals surface area contributed by atoms with E-state index in [9.17, 15) is 0 Å². The lowest BCUT2D eigenvalue weighted by atomic mass is 9.84. The molecule has 1 atom stereocenters. The number of benzene rings is 1. The van der Waals surface area contributed by atoms with Gasteiger partial charge in [-0.15, -0.1) is 11.3 Å². The second-order valence-electron chi connectivity index (χ2n) is 5.09. The lowest BCUT2D eigenvalue weighted by Gasteiger charge is -2.25. The summed E-state index contributed by atoms with van der Waals surface area (Å²) < 4.78 is 2.32. The summed E-state index contributed by atoms with van der Waals surface area (Å²) in [6.45, 7) is 0. The number of hydrogen-bond donors (Lipinski definition) is 1. The van der Waals surface area contributed by atoms with Crippen molar-refractivity contribution in [3.63, 3.8) is 0 Å². The fraction of sp³-hybridized carbons (Fsp3) is 0.500. The summed E-state index contributed by atoms with van der Waals surface area (Å²) in [5.74, 6) is 0.628. The third-order valence-corrected chi connectivity index (χ3v) is 5.44. The van der Waals surface area contributed by atoms with E-state index in [-0.39, 0.29) is 6.04 Å². The van der Waals surface area contributed by atoms with Crippen molar-refractivity contribution in [3.8, 4) is 0 Å². The van der Waals surface area contributed by atoms with Gasteiger partial charge in [0.2, 0.25) is 0 Å². The van der Waals surface area contributed by atoms with E-state index in [2.05, 4.69) is 34.1 Å². The minimum atomic E-state index is 0.126. The van der Waals surface area contributed by atoms with E-state index >= 15 is 0 Å². The fourth-order valence-electron chi connectivity index (χ4n) is 2.76. The maximum atomic E-state index is 6.41. The average Bonchev–Trinajstić information content (AvgIpc) is 2.81. The Morgan fingerprint density at radius 2 is 2.06 bits per heavy atom. The maximum absolute atomic E-state index is 6.41. The predicted molar refractivity (Wildman–Crippen MR) is 80.8 cm³/mol. The van der Waals surface area contributed by atoms with Crippen LogP contribution in [0.25, 0.3) is 10.2 Å². The molecule has 3 rings (SSSR count). The highest BCUT2D eigenvalue weighted by Crippen LogP contribution is 2.36. The van der Waals surface area contributed by atoms with Crippen LogP contribution in [0.3, 0.4) is 0 Å². The van der Waals surface area contributed by atoms with Gasteiger partial charge >= 0.3 is 0 Å². The van der Waals surface area contributed by atoms with Crippen LogP contribution in [0.15, 0.2) is 22.7 Å². The molecule has 0 amide bonds. The minimum Gasteiger partial charge on any atom is -0.322 e. The second-order valence-corrected chi connectivity index (χ2v) is 7.07. The van der Waals surface area contributed by atoms with Gasteiger partial charge < -0.3 is 5.73 Å². The summed E-state index contributed by atoms with van der Waals surface area (Å²) in [4.78, 5) is 4.71. The highest BCUT2D eigenvalue weighted by atomic mass is 79.9.